The Bertz CT molecular complexity index is 1260. The fraction of sp³-hybridized carbons (Fsp3) is 0.0870. The first-order chi connectivity index (χ1) is 14.7. The lowest BCUT2D eigenvalue weighted by Gasteiger charge is -2.07. The van der Waals surface area contributed by atoms with E-state index in [9.17, 15) is 4.79 Å². The van der Waals surface area contributed by atoms with E-state index >= 15 is 0 Å². The molecule has 0 radical (unpaired) electrons. The molecule has 4 rings (SSSR count). The van der Waals surface area contributed by atoms with Crippen LogP contribution >= 0.6 is 23.6 Å². The minimum Gasteiger partial charge on any atom is -0.326 e. The first kappa shape index (κ1) is 19.8. The molecule has 0 saturated carbocycles. The average Bonchev–Trinajstić information content (AvgIpc) is 3.41. The lowest BCUT2D eigenvalue weighted by atomic mass is 10.1. The molecular weight excluding hydrogens is 412 g/mol. The Morgan fingerprint density at radius 3 is 2.67 bits per heavy atom. The van der Waals surface area contributed by atoms with Gasteiger partial charge in [0, 0.05) is 29.8 Å². The zero-order chi connectivity index (χ0) is 20.8. The zero-order valence-corrected chi connectivity index (χ0v) is 17.6. The molecule has 30 heavy (non-hydrogen) atoms. The summed E-state index contributed by atoms with van der Waals surface area (Å²) in [5.74, 6) is 6.91. The minimum absolute atomic E-state index is 0.0941. The van der Waals surface area contributed by atoms with Gasteiger partial charge in [0.2, 0.25) is 5.91 Å². The smallest absolute Gasteiger partial charge is 0.226 e. The van der Waals surface area contributed by atoms with E-state index in [-0.39, 0.29) is 12.3 Å². The highest BCUT2D eigenvalue weighted by atomic mass is 32.1. The van der Waals surface area contributed by atoms with Crippen LogP contribution in [0.15, 0.2) is 72.1 Å². The van der Waals surface area contributed by atoms with Crippen LogP contribution < -0.4 is 5.32 Å². The van der Waals surface area contributed by atoms with E-state index in [0.717, 1.165) is 21.8 Å². The highest BCUT2D eigenvalue weighted by molar-refractivity contribution is 7.71. The molecule has 5 nitrogen and oxygen atoms in total. The largest absolute Gasteiger partial charge is 0.326 e. The monoisotopic (exact) mass is 430 g/mol. The number of carbonyl (C=O) groups is 1. The van der Waals surface area contributed by atoms with Crippen molar-refractivity contribution in [3.05, 3.63) is 88.0 Å². The van der Waals surface area contributed by atoms with E-state index in [1.54, 1.807) is 11.3 Å². The number of rotatable bonds is 5. The topological polar surface area (TPSA) is 62.7 Å². The highest BCUT2D eigenvalue weighted by Crippen LogP contribution is 2.23. The van der Waals surface area contributed by atoms with Gasteiger partial charge in [-0.3, -0.25) is 14.5 Å². The van der Waals surface area contributed by atoms with Crippen LogP contribution in [-0.2, 0) is 11.3 Å². The molecule has 2 N–H and O–H groups in total. The van der Waals surface area contributed by atoms with Gasteiger partial charge >= 0.3 is 0 Å². The Morgan fingerprint density at radius 2 is 1.87 bits per heavy atom. The molecule has 1 amide bonds. The van der Waals surface area contributed by atoms with Gasteiger partial charge in [-0.2, -0.15) is 5.10 Å². The number of carbonyl (C=O) groups excluding carboxylic acids is 1. The minimum atomic E-state index is -0.0941. The van der Waals surface area contributed by atoms with Crippen LogP contribution in [0.1, 0.15) is 17.5 Å². The summed E-state index contributed by atoms with van der Waals surface area (Å²) in [6, 6.07) is 21.3. The van der Waals surface area contributed by atoms with E-state index in [1.165, 1.54) is 0 Å². The number of nitrogens with zero attached hydrogens (tertiary/aromatic N) is 2. The van der Waals surface area contributed by atoms with Gasteiger partial charge in [-0.25, -0.2) is 0 Å². The molecule has 0 aliphatic carbocycles. The second kappa shape index (κ2) is 9.35. The first-order valence-electron chi connectivity index (χ1n) is 9.35. The maximum absolute atomic E-state index is 12.5. The fourth-order valence-corrected chi connectivity index (χ4v) is 3.84. The van der Waals surface area contributed by atoms with Crippen molar-refractivity contribution in [2.45, 2.75) is 13.0 Å². The number of hydrogen-bond donors (Lipinski definition) is 2. The summed E-state index contributed by atoms with van der Waals surface area (Å²) in [6.45, 7) is 0.446. The Hall–Kier alpha value is -3.47. The third-order valence-electron chi connectivity index (χ3n) is 4.33. The highest BCUT2D eigenvalue weighted by Gasteiger charge is 2.11. The Labute approximate surface area is 183 Å². The number of thiophene rings is 1. The Kier molecular flexibility index (Phi) is 6.18. The van der Waals surface area contributed by atoms with Crippen molar-refractivity contribution in [1.82, 2.24) is 14.8 Å². The zero-order valence-electron chi connectivity index (χ0n) is 16.0. The summed E-state index contributed by atoms with van der Waals surface area (Å²) in [5.41, 5.74) is 2.51. The number of aromatic amines is 1. The quantitative estimate of drug-likeness (QED) is 0.342. The summed E-state index contributed by atoms with van der Waals surface area (Å²) in [4.78, 5) is 13.5. The van der Waals surface area contributed by atoms with Crippen molar-refractivity contribution >= 4 is 35.1 Å². The van der Waals surface area contributed by atoms with Gasteiger partial charge in [-0.05, 0) is 54.0 Å². The van der Waals surface area contributed by atoms with Crippen molar-refractivity contribution in [1.29, 1.82) is 0 Å². The molecule has 0 bridgehead atoms. The van der Waals surface area contributed by atoms with E-state index < -0.39 is 0 Å². The number of nitrogens with one attached hydrogen (secondary N) is 2. The molecule has 2 heterocycles. The molecule has 0 atom stereocenters. The molecule has 7 heteroatoms. The predicted molar refractivity (Wildman–Crippen MR) is 123 cm³/mol. The summed E-state index contributed by atoms with van der Waals surface area (Å²) in [5, 5.41) is 12.0. The van der Waals surface area contributed by atoms with Gasteiger partial charge in [0.05, 0.1) is 4.88 Å². The predicted octanol–water partition coefficient (Wildman–Crippen LogP) is 5.10. The standard InChI is InChI=1S/C23H18N4OS2/c28-21(13-14-27-22(25-26-23(27)29)20-10-5-15-30-20)24-19-9-4-8-18(16-19)12-11-17-6-2-1-3-7-17/h1-10,15-16H,13-14H2,(H,24,28)(H,26,29). The maximum Gasteiger partial charge on any atom is 0.226 e. The third kappa shape index (κ3) is 4.92. The molecule has 148 valence electrons. The lowest BCUT2D eigenvalue weighted by molar-refractivity contribution is -0.116. The van der Waals surface area contributed by atoms with Crippen LogP contribution in [-0.4, -0.2) is 20.7 Å². The van der Waals surface area contributed by atoms with Gasteiger partial charge in [0.1, 0.15) is 0 Å². The van der Waals surface area contributed by atoms with Crippen LogP contribution in [0.5, 0.6) is 0 Å². The van der Waals surface area contributed by atoms with E-state index in [1.807, 2.05) is 76.7 Å². The molecular formula is C23H18N4OS2. The SMILES string of the molecule is O=C(CCn1c(-c2cccs2)n[nH]c1=S)Nc1cccc(C#Cc2ccccc2)c1. The molecule has 0 saturated heterocycles. The number of amides is 1. The average molecular weight is 431 g/mol. The van der Waals surface area contributed by atoms with E-state index in [4.69, 9.17) is 12.2 Å². The molecule has 2 aromatic carbocycles. The summed E-state index contributed by atoms with van der Waals surface area (Å²) < 4.78 is 2.35. The first-order valence-corrected chi connectivity index (χ1v) is 10.6. The van der Waals surface area contributed by atoms with Gasteiger partial charge in [0.25, 0.3) is 0 Å². The number of aromatic nitrogens is 3. The van der Waals surface area contributed by atoms with Crippen LogP contribution in [0.3, 0.4) is 0 Å². The van der Waals surface area contributed by atoms with E-state index in [0.29, 0.717) is 17.0 Å². The van der Waals surface area contributed by atoms with Gasteiger partial charge in [0.15, 0.2) is 10.6 Å². The van der Waals surface area contributed by atoms with Gasteiger partial charge in [-0.1, -0.05) is 42.2 Å². The molecule has 0 aliphatic heterocycles. The summed E-state index contributed by atoms with van der Waals surface area (Å²) in [6.07, 6.45) is 0.284. The molecule has 0 fully saturated rings. The number of anilines is 1. The molecule has 4 aromatic rings. The van der Waals surface area contributed by atoms with Crippen molar-refractivity contribution in [3.63, 3.8) is 0 Å². The van der Waals surface area contributed by atoms with Crippen molar-refractivity contribution < 1.29 is 4.79 Å². The second-order valence-electron chi connectivity index (χ2n) is 6.48. The third-order valence-corrected chi connectivity index (χ3v) is 5.51. The van der Waals surface area contributed by atoms with Crippen molar-refractivity contribution in [3.8, 4) is 22.5 Å². The van der Waals surface area contributed by atoms with Gasteiger partial charge in [-0.15, -0.1) is 11.3 Å². The maximum atomic E-state index is 12.5. The van der Waals surface area contributed by atoms with Gasteiger partial charge < -0.3 is 5.32 Å². The molecule has 0 spiro atoms. The van der Waals surface area contributed by atoms with Crippen molar-refractivity contribution in [2.75, 3.05) is 5.32 Å². The molecule has 0 unspecified atom stereocenters. The Balaban J connectivity index is 1.40. The van der Waals surface area contributed by atoms with Crippen LogP contribution in [0, 0.1) is 16.6 Å². The van der Waals surface area contributed by atoms with Crippen LogP contribution in [0.2, 0.25) is 0 Å². The molecule has 0 aliphatic rings. The normalized spacial score (nSPS) is 10.3. The molecule has 2 aromatic heterocycles. The fourth-order valence-electron chi connectivity index (χ4n) is 2.90. The van der Waals surface area contributed by atoms with Crippen molar-refractivity contribution in [2.24, 2.45) is 0 Å². The van der Waals surface area contributed by atoms with E-state index in [2.05, 4.69) is 27.4 Å². The summed E-state index contributed by atoms with van der Waals surface area (Å²) in [7, 11) is 0. The number of H-pyrrole nitrogens is 1. The van der Waals surface area contributed by atoms with Crippen LogP contribution in [0.4, 0.5) is 5.69 Å². The second-order valence-corrected chi connectivity index (χ2v) is 7.81. The lowest BCUT2D eigenvalue weighted by Crippen LogP contribution is -2.15. The number of benzene rings is 2. The number of hydrogen-bond acceptors (Lipinski definition) is 4. The Morgan fingerprint density at radius 1 is 1.07 bits per heavy atom. The van der Waals surface area contributed by atoms with Crippen LogP contribution in [0.25, 0.3) is 10.7 Å². The summed E-state index contributed by atoms with van der Waals surface area (Å²) >= 11 is 6.90.